The molecule has 0 bridgehead atoms. The second kappa shape index (κ2) is 19.5. The normalized spacial score (nSPS) is 20.5. The topological polar surface area (TPSA) is 11.4 Å². The number of anilines is 6. The first kappa shape index (κ1) is 58.8. The molecule has 6 aliphatic rings. The summed E-state index contributed by atoms with van der Waals surface area (Å²) in [7, 11) is 0. The van der Waals surface area contributed by atoms with Crippen LogP contribution in [0.15, 0.2) is 127 Å². The number of benzene rings is 7. The van der Waals surface area contributed by atoms with E-state index >= 15 is 0 Å². The molecule has 4 heterocycles. The zero-order chi connectivity index (χ0) is 62.8. The predicted molar refractivity (Wildman–Crippen MR) is 389 cm³/mol. The molecule has 0 N–H and O–H groups in total. The van der Waals surface area contributed by atoms with Crippen LogP contribution in [0.4, 0.5) is 34.1 Å². The molecule has 3 nitrogen and oxygen atoms in total. The molecule has 2 aromatic heterocycles. The lowest BCUT2D eigenvalue weighted by molar-refractivity contribution is 0.332. The van der Waals surface area contributed by atoms with Gasteiger partial charge in [0.05, 0.1) is 28.1 Å². The molecule has 5 heteroatoms. The molecular formula is C84H96BN3S. The fourth-order valence-corrected chi connectivity index (χ4v) is 18.4. The Hall–Kier alpha value is -6.56. The Morgan fingerprint density at radius 1 is 0.472 bits per heavy atom. The van der Waals surface area contributed by atoms with Crippen molar-refractivity contribution in [1.29, 1.82) is 0 Å². The first-order valence-corrected chi connectivity index (χ1v) is 35.0. The second-order valence-corrected chi connectivity index (χ2v) is 35.4. The smallest absolute Gasteiger partial charge is 0.264 e. The summed E-state index contributed by atoms with van der Waals surface area (Å²) in [4.78, 5) is 5.64. The van der Waals surface area contributed by atoms with Crippen molar-refractivity contribution in [3.8, 4) is 5.69 Å². The summed E-state index contributed by atoms with van der Waals surface area (Å²) >= 11 is 2.10. The molecule has 2 unspecified atom stereocenters. The maximum atomic E-state index is 2.89. The Balaban J connectivity index is 1.17. The van der Waals surface area contributed by atoms with Gasteiger partial charge in [0.2, 0.25) is 0 Å². The van der Waals surface area contributed by atoms with Crippen LogP contribution in [-0.2, 0) is 37.9 Å². The van der Waals surface area contributed by atoms with Crippen LogP contribution >= 0.6 is 11.3 Å². The highest BCUT2D eigenvalue weighted by molar-refractivity contribution is 7.33. The molecule has 0 fully saturated rings. The summed E-state index contributed by atoms with van der Waals surface area (Å²) in [6.07, 6.45) is 16.6. The third kappa shape index (κ3) is 9.04. The third-order valence-corrected chi connectivity index (χ3v) is 24.4. The summed E-state index contributed by atoms with van der Waals surface area (Å²) < 4.78 is 5.58. The van der Waals surface area contributed by atoms with E-state index < -0.39 is 0 Å². The minimum Gasteiger partial charge on any atom is -0.311 e. The molecule has 0 amide bonds. The van der Waals surface area contributed by atoms with Gasteiger partial charge in [0.1, 0.15) is 0 Å². The molecular weight excluding hydrogens is 1090 g/mol. The maximum absolute atomic E-state index is 2.89. The van der Waals surface area contributed by atoms with Gasteiger partial charge in [-0.1, -0.05) is 192 Å². The van der Waals surface area contributed by atoms with Gasteiger partial charge in [0, 0.05) is 53.9 Å². The van der Waals surface area contributed by atoms with Gasteiger partial charge < -0.3 is 14.4 Å². The van der Waals surface area contributed by atoms with E-state index in [9.17, 15) is 0 Å². The van der Waals surface area contributed by atoms with Crippen LogP contribution in [0, 0.1) is 0 Å². The lowest BCUT2D eigenvalue weighted by atomic mass is 9.35. The van der Waals surface area contributed by atoms with Crippen molar-refractivity contribution in [2.24, 2.45) is 0 Å². The van der Waals surface area contributed by atoms with Crippen LogP contribution in [0.5, 0.6) is 0 Å². The van der Waals surface area contributed by atoms with Gasteiger partial charge in [-0.15, -0.1) is 11.3 Å². The van der Waals surface area contributed by atoms with Gasteiger partial charge in [-0.25, -0.2) is 0 Å². The number of allylic oxidation sites excluding steroid dienone is 4. The summed E-state index contributed by atoms with van der Waals surface area (Å²) in [6.45, 7) is 46.4. The number of thiophene rings is 1. The largest absolute Gasteiger partial charge is 0.311 e. The quantitative estimate of drug-likeness (QED) is 0.163. The molecule has 15 rings (SSSR count). The Labute approximate surface area is 537 Å². The van der Waals surface area contributed by atoms with Crippen molar-refractivity contribution >= 4 is 105 Å². The average molecular weight is 1190 g/mol. The average Bonchev–Trinajstić information content (AvgIpc) is 1.68. The van der Waals surface area contributed by atoms with E-state index in [1.807, 2.05) is 0 Å². The summed E-state index contributed by atoms with van der Waals surface area (Å²) in [5.41, 5.74) is 30.1. The van der Waals surface area contributed by atoms with Crippen molar-refractivity contribution in [2.75, 3.05) is 9.80 Å². The van der Waals surface area contributed by atoms with E-state index in [4.69, 9.17) is 0 Å². The molecule has 9 aromatic rings. The van der Waals surface area contributed by atoms with E-state index in [-0.39, 0.29) is 44.6 Å². The first-order chi connectivity index (χ1) is 41.8. The van der Waals surface area contributed by atoms with E-state index in [0.717, 1.165) is 32.1 Å². The Morgan fingerprint density at radius 3 is 1.49 bits per heavy atom. The molecule has 0 saturated heterocycles. The number of hydrogen-bond acceptors (Lipinski definition) is 3. The Bertz CT molecular complexity index is 4470. The number of aromatic nitrogens is 1. The SMILES string of the molecule is CC1CCC(C)c2cc3c4c(sc3cc21)B1c2cc3c(cc2N(c2ccc(C(C)(C)C)cc2)c2cc(-n5c6cc(C(C)(C)C)ccc6c6ccc(C(C)(C)C)cc65)cc(c21)N4c1cc2c(cc1C1=CCCC=C1)C(C)(C)CCC2(C)C)C(C)(C)CCC3(C)C. The van der Waals surface area contributed by atoms with Gasteiger partial charge in [0.25, 0.3) is 6.71 Å². The van der Waals surface area contributed by atoms with E-state index in [1.165, 1.54) is 157 Å². The number of nitrogens with zero attached hydrogens (tertiary/aromatic N) is 3. The van der Waals surface area contributed by atoms with Gasteiger partial charge in [-0.2, -0.15) is 0 Å². The monoisotopic (exact) mass is 1190 g/mol. The molecule has 2 atom stereocenters. The highest BCUT2D eigenvalue weighted by atomic mass is 32.1. The highest BCUT2D eigenvalue weighted by Crippen LogP contribution is 2.57. The summed E-state index contributed by atoms with van der Waals surface area (Å²) in [5.74, 6) is 1.00. The molecule has 456 valence electrons. The number of hydrogen-bond donors (Lipinski definition) is 0. The first-order valence-electron chi connectivity index (χ1n) is 34.1. The zero-order valence-corrected chi connectivity index (χ0v) is 58.1. The lowest BCUT2D eigenvalue weighted by Gasteiger charge is -2.47. The second-order valence-electron chi connectivity index (χ2n) is 34.3. The van der Waals surface area contributed by atoms with Crippen LogP contribution in [0.1, 0.15) is 250 Å². The number of fused-ring (bicyclic) bond motifs is 12. The van der Waals surface area contributed by atoms with E-state index in [0.29, 0.717) is 11.8 Å². The van der Waals surface area contributed by atoms with E-state index in [2.05, 4.69) is 285 Å². The number of rotatable bonds is 4. The van der Waals surface area contributed by atoms with Crippen molar-refractivity contribution < 1.29 is 0 Å². The standard InChI is InChI=1S/C84H96BN3S/c1-49-25-26-50(2)60-45-74-62(43-59(49)60)76-77(89-74)85-67-46-64-66(84(18,19)38-36-82(64,14)15)48-71(67)86(55-31-27-52(28-32-55)78(3,4)5)72-41-56(87-68-39-53(79(6,7)8)29-33-57(68)58-34-30-54(40-69(58)87)80(9,10)11)42-73(75(72)85)88(76)70-47-65-63(81(12,13)35-37-83(65,16)17)44-61(70)51-23-21-20-22-24-51/h21,23-24,27-34,39-50H,20,22,25-26,35-38H2,1-19H3. The summed E-state index contributed by atoms with van der Waals surface area (Å²) in [5, 5.41) is 3.99. The van der Waals surface area contributed by atoms with Crippen molar-refractivity contribution in [1.82, 2.24) is 4.57 Å². The fraction of sp³-hybridized carbons (Fsp3) is 0.429. The summed E-state index contributed by atoms with van der Waals surface area (Å²) in [6, 6.07) is 46.1. The fourth-order valence-electron chi connectivity index (χ4n) is 17.1. The van der Waals surface area contributed by atoms with Gasteiger partial charge in [-0.3, -0.25) is 0 Å². The molecule has 89 heavy (non-hydrogen) atoms. The van der Waals surface area contributed by atoms with Crippen molar-refractivity contribution in [3.63, 3.8) is 0 Å². The predicted octanol–water partition coefficient (Wildman–Crippen LogP) is 22.4. The molecule has 2 aliphatic heterocycles. The Morgan fingerprint density at radius 2 is 0.966 bits per heavy atom. The third-order valence-electron chi connectivity index (χ3n) is 23.2. The minimum atomic E-state index is -0.0581. The van der Waals surface area contributed by atoms with Crippen molar-refractivity contribution in [3.05, 3.63) is 183 Å². The van der Waals surface area contributed by atoms with Crippen LogP contribution in [0.2, 0.25) is 0 Å². The van der Waals surface area contributed by atoms with Crippen LogP contribution in [-0.4, -0.2) is 11.3 Å². The minimum absolute atomic E-state index is 0.000533. The van der Waals surface area contributed by atoms with E-state index in [1.54, 1.807) is 11.1 Å². The van der Waals surface area contributed by atoms with Crippen LogP contribution < -0.4 is 25.5 Å². The van der Waals surface area contributed by atoms with Gasteiger partial charge >= 0.3 is 0 Å². The molecule has 7 aromatic carbocycles. The highest BCUT2D eigenvalue weighted by Gasteiger charge is 2.50. The molecule has 0 radical (unpaired) electrons. The van der Waals surface area contributed by atoms with Crippen LogP contribution in [0.3, 0.4) is 0 Å². The molecule has 0 spiro atoms. The lowest BCUT2D eigenvalue weighted by Crippen LogP contribution is -2.61. The van der Waals surface area contributed by atoms with Gasteiger partial charge in [-0.05, 0) is 234 Å². The van der Waals surface area contributed by atoms with Crippen molar-refractivity contribution in [2.45, 2.75) is 233 Å². The van der Waals surface area contributed by atoms with Crippen LogP contribution in [0.25, 0.3) is 43.2 Å². The maximum Gasteiger partial charge on any atom is 0.264 e. The Kier molecular flexibility index (Phi) is 12.9. The molecule has 4 aliphatic carbocycles. The zero-order valence-electron chi connectivity index (χ0n) is 57.3. The molecule has 0 saturated carbocycles. The van der Waals surface area contributed by atoms with Gasteiger partial charge in [0.15, 0.2) is 0 Å².